The molecule has 6 nitrogen and oxygen atoms in total. The summed E-state index contributed by atoms with van der Waals surface area (Å²) in [5.41, 5.74) is 0. The van der Waals surface area contributed by atoms with Crippen molar-refractivity contribution >= 4 is 50.8 Å². The first kappa shape index (κ1) is 15.2. The summed E-state index contributed by atoms with van der Waals surface area (Å²) >= 11 is 6.15. The Hall–Kier alpha value is -1.71. The van der Waals surface area contributed by atoms with Crippen molar-refractivity contribution < 1.29 is 4.79 Å². The standard InChI is InChI=1S/C13H10BrN5OS2/c14-8-3-4-10(15-6-8)16-11(20)7-22-13-17-12(18-19-13)9-2-1-5-21-9/h1-6H,7H2,(H,15,16,20)(H,17,18,19). The van der Waals surface area contributed by atoms with Gasteiger partial charge in [0.05, 0.1) is 10.6 Å². The van der Waals surface area contributed by atoms with Gasteiger partial charge in [0.1, 0.15) is 5.82 Å². The Morgan fingerprint density at radius 1 is 1.41 bits per heavy atom. The number of carbonyl (C=O) groups excluding carboxylic acids is 1. The number of amides is 1. The lowest BCUT2D eigenvalue weighted by Crippen LogP contribution is -2.14. The summed E-state index contributed by atoms with van der Waals surface area (Å²) in [6.45, 7) is 0. The van der Waals surface area contributed by atoms with E-state index in [1.807, 2.05) is 23.6 Å². The molecule has 112 valence electrons. The fraction of sp³-hybridized carbons (Fsp3) is 0.0769. The van der Waals surface area contributed by atoms with Gasteiger partial charge in [0.2, 0.25) is 11.1 Å². The van der Waals surface area contributed by atoms with Gasteiger partial charge in [-0.05, 0) is 39.5 Å². The van der Waals surface area contributed by atoms with Crippen LogP contribution in [0.1, 0.15) is 0 Å². The predicted molar refractivity (Wildman–Crippen MR) is 91.0 cm³/mol. The van der Waals surface area contributed by atoms with Crippen molar-refractivity contribution in [3.63, 3.8) is 0 Å². The topological polar surface area (TPSA) is 83.6 Å². The number of thiophene rings is 1. The zero-order valence-electron chi connectivity index (χ0n) is 11.1. The Balaban J connectivity index is 1.54. The molecule has 0 saturated carbocycles. The van der Waals surface area contributed by atoms with Crippen LogP contribution in [-0.4, -0.2) is 31.8 Å². The second-order valence-electron chi connectivity index (χ2n) is 4.14. The smallest absolute Gasteiger partial charge is 0.236 e. The van der Waals surface area contributed by atoms with E-state index in [4.69, 9.17) is 0 Å². The number of anilines is 1. The molecule has 0 aliphatic rings. The molecule has 0 atom stereocenters. The van der Waals surface area contributed by atoms with E-state index < -0.39 is 0 Å². The lowest BCUT2D eigenvalue weighted by molar-refractivity contribution is -0.113. The third-order valence-corrected chi connectivity index (χ3v) is 4.74. The molecule has 0 saturated heterocycles. The molecule has 0 aromatic carbocycles. The largest absolute Gasteiger partial charge is 0.310 e. The molecule has 0 radical (unpaired) electrons. The number of nitrogens with one attached hydrogen (secondary N) is 2. The summed E-state index contributed by atoms with van der Waals surface area (Å²) in [6.07, 6.45) is 1.63. The minimum absolute atomic E-state index is 0.151. The molecular weight excluding hydrogens is 386 g/mol. The second-order valence-corrected chi connectivity index (χ2v) is 6.95. The fourth-order valence-corrected chi connectivity index (χ4v) is 3.09. The van der Waals surface area contributed by atoms with Gasteiger partial charge in [-0.3, -0.25) is 9.89 Å². The molecular formula is C13H10BrN5OS2. The number of hydrogen-bond donors (Lipinski definition) is 2. The van der Waals surface area contributed by atoms with Crippen molar-refractivity contribution in [2.75, 3.05) is 11.1 Å². The fourth-order valence-electron chi connectivity index (χ4n) is 1.59. The number of thioether (sulfide) groups is 1. The number of aromatic amines is 1. The van der Waals surface area contributed by atoms with E-state index in [-0.39, 0.29) is 11.7 Å². The number of pyridine rings is 1. The van der Waals surface area contributed by atoms with E-state index >= 15 is 0 Å². The highest BCUT2D eigenvalue weighted by atomic mass is 79.9. The van der Waals surface area contributed by atoms with Crippen molar-refractivity contribution in [3.8, 4) is 10.7 Å². The second kappa shape index (κ2) is 7.03. The van der Waals surface area contributed by atoms with Crippen molar-refractivity contribution in [2.45, 2.75) is 5.16 Å². The normalized spacial score (nSPS) is 10.6. The van der Waals surface area contributed by atoms with E-state index in [0.717, 1.165) is 9.35 Å². The van der Waals surface area contributed by atoms with Crippen molar-refractivity contribution in [1.29, 1.82) is 0 Å². The highest BCUT2D eigenvalue weighted by molar-refractivity contribution is 9.10. The van der Waals surface area contributed by atoms with Crippen LogP contribution in [0.2, 0.25) is 0 Å². The number of rotatable bonds is 5. The SMILES string of the molecule is O=C(CSc1n[nH]c(-c2cccs2)n1)Nc1ccc(Br)cn1. The molecule has 0 aliphatic carbocycles. The monoisotopic (exact) mass is 395 g/mol. The van der Waals surface area contributed by atoms with Gasteiger partial charge in [-0.25, -0.2) is 9.97 Å². The van der Waals surface area contributed by atoms with Crippen LogP contribution in [0.15, 0.2) is 45.5 Å². The van der Waals surface area contributed by atoms with Gasteiger partial charge in [-0.15, -0.1) is 16.4 Å². The number of carbonyl (C=O) groups is 1. The lowest BCUT2D eigenvalue weighted by Gasteiger charge is -2.02. The van der Waals surface area contributed by atoms with Crippen LogP contribution in [0.4, 0.5) is 5.82 Å². The van der Waals surface area contributed by atoms with Gasteiger partial charge in [0.15, 0.2) is 5.82 Å². The first-order valence-corrected chi connectivity index (χ1v) is 8.87. The molecule has 0 fully saturated rings. The Bertz CT molecular complexity index is 757. The number of H-pyrrole nitrogens is 1. The van der Waals surface area contributed by atoms with Gasteiger partial charge >= 0.3 is 0 Å². The minimum Gasteiger partial charge on any atom is -0.310 e. The molecule has 1 amide bonds. The maximum atomic E-state index is 11.9. The Morgan fingerprint density at radius 2 is 2.32 bits per heavy atom. The first-order chi connectivity index (χ1) is 10.7. The van der Waals surface area contributed by atoms with E-state index in [0.29, 0.717) is 16.8 Å². The molecule has 22 heavy (non-hydrogen) atoms. The highest BCUT2D eigenvalue weighted by Gasteiger charge is 2.10. The molecule has 3 aromatic heterocycles. The van der Waals surface area contributed by atoms with E-state index in [1.54, 1.807) is 23.6 Å². The van der Waals surface area contributed by atoms with Crippen molar-refractivity contribution in [2.24, 2.45) is 0 Å². The number of hydrogen-bond acceptors (Lipinski definition) is 6. The van der Waals surface area contributed by atoms with Crippen LogP contribution >= 0.6 is 39.0 Å². The molecule has 3 aromatic rings. The van der Waals surface area contributed by atoms with Crippen LogP contribution in [0.5, 0.6) is 0 Å². The molecule has 2 N–H and O–H groups in total. The zero-order chi connectivity index (χ0) is 15.4. The maximum Gasteiger partial charge on any atom is 0.236 e. The summed E-state index contributed by atoms with van der Waals surface area (Å²) in [5, 5.41) is 12.2. The number of aromatic nitrogens is 4. The number of nitrogens with zero attached hydrogens (tertiary/aromatic N) is 3. The van der Waals surface area contributed by atoms with Gasteiger partial charge in [0.25, 0.3) is 0 Å². The Labute approximate surface area is 142 Å². The molecule has 0 spiro atoms. The quantitative estimate of drug-likeness (QED) is 0.646. The lowest BCUT2D eigenvalue weighted by atomic mass is 10.4. The highest BCUT2D eigenvalue weighted by Crippen LogP contribution is 2.23. The Kier molecular flexibility index (Phi) is 4.86. The first-order valence-electron chi connectivity index (χ1n) is 6.21. The van der Waals surface area contributed by atoms with Crippen molar-refractivity contribution in [3.05, 3.63) is 40.3 Å². The van der Waals surface area contributed by atoms with E-state index in [2.05, 4.69) is 41.4 Å². The Morgan fingerprint density at radius 3 is 3.05 bits per heavy atom. The summed E-state index contributed by atoms with van der Waals surface area (Å²) in [5.74, 6) is 1.30. The van der Waals surface area contributed by atoms with Gasteiger partial charge in [-0.1, -0.05) is 17.8 Å². The molecule has 9 heteroatoms. The summed E-state index contributed by atoms with van der Waals surface area (Å²) < 4.78 is 0.863. The van der Waals surface area contributed by atoms with Crippen LogP contribution in [-0.2, 0) is 4.79 Å². The molecule has 3 rings (SSSR count). The number of halogens is 1. The molecule has 3 heterocycles. The zero-order valence-corrected chi connectivity index (χ0v) is 14.3. The molecule has 0 unspecified atom stereocenters. The summed E-state index contributed by atoms with van der Waals surface area (Å²) in [6, 6.07) is 7.46. The van der Waals surface area contributed by atoms with E-state index in [1.165, 1.54) is 11.8 Å². The van der Waals surface area contributed by atoms with Crippen LogP contribution in [0.25, 0.3) is 10.7 Å². The summed E-state index contributed by atoms with van der Waals surface area (Å²) in [4.78, 5) is 21.3. The third kappa shape index (κ3) is 3.93. The average molecular weight is 396 g/mol. The third-order valence-electron chi connectivity index (χ3n) is 2.55. The summed E-state index contributed by atoms with van der Waals surface area (Å²) in [7, 11) is 0. The van der Waals surface area contributed by atoms with Gasteiger partial charge in [-0.2, -0.15) is 0 Å². The van der Waals surface area contributed by atoms with Gasteiger partial charge in [0, 0.05) is 10.7 Å². The van der Waals surface area contributed by atoms with Crippen LogP contribution in [0.3, 0.4) is 0 Å². The van der Waals surface area contributed by atoms with Gasteiger partial charge < -0.3 is 5.32 Å². The van der Waals surface area contributed by atoms with Crippen LogP contribution < -0.4 is 5.32 Å². The van der Waals surface area contributed by atoms with E-state index in [9.17, 15) is 4.79 Å². The van der Waals surface area contributed by atoms with Crippen LogP contribution in [0, 0.1) is 0 Å². The average Bonchev–Trinajstić information content (AvgIpc) is 3.18. The molecule has 0 bridgehead atoms. The predicted octanol–water partition coefficient (Wildman–Crippen LogP) is 3.42. The maximum absolute atomic E-state index is 11.9. The molecule has 0 aliphatic heterocycles. The van der Waals surface area contributed by atoms with Crippen molar-refractivity contribution in [1.82, 2.24) is 20.2 Å². The minimum atomic E-state index is -0.151.